The van der Waals surface area contributed by atoms with E-state index in [1.807, 2.05) is 12.2 Å². The fraction of sp³-hybridized carbons (Fsp3) is 0.500. The Morgan fingerprint density at radius 2 is 2.21 bits per heavy atom. The summed E-state index contributed by atoms with van der Waals surface area (Å²) in [6, 6.07) is 0. The van der Waals surface area contributed by atoms with Crippen LogP contribution in [0, 0.1) is 0 Å². The predicted molar refractivity (Wildman–Crippen MR) is 60.0 cm³/mol. The van der Waals surface area contributed by atoms with Crippen molar-refractivity contribution in [2.75, 3.05) is 13.2 Å². The fourth-order valence-electron chi connectivity index (χ4n) is 0.771. The van der Waals surface area contributed by atoms with Crippen LogP contribution in [0.3, 0.4) is 0 Å². The van der Waals surface area contributed by atoms with Crippen molar-refractivity contribution < 1.29 is 14.0 Å². The molecule has 0 fully saturated rings. The van der Waals surface area contributed by atoms with Gasteiger partial charge in [-0.3, -0.25) is 0 Å². The molecule has 0 amide bonds. The van der Waals surface area contributed by atoms with Gasteiger partial charge >= 0.3 is 5.97 Å². The molecule has 0 heterocycles. The van der Waals surface area contributed by atoms with Crippen LogP contribution in [-0.4, -0.2) is 29.7 Å². The van der Waals surface area contributed by atoms with Crippen LogP contribution >= 0.6 is 0 Å². The first-order valence-corrected chi connectivity index (χ1v) is 5.46. The van der Waals surface area contributed by atoms with Gasteiger partial charge in [-0.15, -0.1) is 0 Å². The molecular formula is C10H18O3Si. The Kier molecular flexibility index (Phi) is 8.17. The number of rotatable bonds is 7. The summed E-state index contributed by atoms with van der Waals surface area (Å²) < 4.78 is 9.89. The molecule has 0 aliphatic carbocycles. The maximum atomic E-state index is 10.9. The molecule has 0 saturated heterocycles. The Morgan fingerprint density at radius 1 is 1.50 bits per heavy atom. The molecule has 0 bridgehead atoms. The number of unbranched alkanes of at least 4 members (excludes halogenated alkanes) is 1. The molecule has 0 atom stereocenters. The van der Waals surface area contributed by atoms with E-state index in [-0.39, 0.29) is 5.97 Å². The van der Waals surface area contributed by atoms with Gasteiger partial charge < -0.3 is 9.16 Å². The second kappa shape index (κ2) is 8.71. The summed E-state index contributed by atoms with van der Waals surface area (Å²) in [4.78, 5) is 10.9. The zero-order valence-corrected chi connectivity index (χ0v) is 10.9. The van der Waals surface area contributed by atoms with Crippen molar-refractivity contribution in [2.45, 2.75) is 19.8 Å². The fourth-order valence-corrected chi connectivity index (χ4v) is 0.964. The minimum Gasteiger partial charge on any atom is -0.462 e. The summed E-state index contributed by atoms with van der Waals surface area (Å²) in [6.07, 6.45) is 5.77. The summed E-state index contributed by atoms with van der Waals surface area (Å²) in [7, 11) is 0.774. The molecular weight excluding hydrogens is 196 g/mol. The van der Waals surface area contributed by atoms with Crippen molar-refractivity contribution in [1.82, 2.24) is 0 Å². The highest BCUT2D eigenvalue weighted by molar-refractivity contribution is 5.98. The van der Waals surface area contributed by atoms with Gasteiger partial charge in [0.2, 0.25) is 0 Å². The van der Waals surface area contributed by atoms with Crippen LogP contribution in [-0.2, 0) is 14.0 Å². The van der Waals surface area contributed by atoms with Crippen molar-refractivity contribution in [3.63, 3.8) is 0 Å². The molecule has 4 heteroatoms. The Balaban J connectivity index is 3.29. The number of hydrogen-bond acceptors (Lipinski definition) is 3. The van der Waals surface area contributed by atoms with Crippen LogP contribution < -0.4 is 0 Å². The van der Waals surface area contributed by atoms with Crippen LogP contribution in [0.1, 0.15) is 19.8 Å². The van der Waals surface area contributed by atoms with E-state index in [4.69, 9.17) is 9.16 Å². The first-order valence-electron chi connectivity index (χ1n) is 4.65. The smallest absolute Gasteiger partial charge is 0.333 e. The molecule has 0 spiro atoms. The van der Waals surface area contributed by atoms with Crippen molar-refractivity contribution in [3.05, 3.63) is 24.3 Å². The van der Waals surface area contributed by atoms with Crippen LogP contribution in [0.5, 0.6) is 0 Å². The molecule has 3 nitrogen and oxygen atoms in total. The minimum atomic E-state index is -0.308. The molecule has 0 aliphatic rings. The summed E-state index contributed by atoms with van der Waals surface area (Å²) >= 11 is 0. The monoisotopic (exact) mass is 214 g/mol. The van der Waals surface area contributed by atoms with Crippen LogP contribution in [0.4, 0.5) is 0 Å². The van der Waals surface area contributed by atoms with Crippen LogP contribution in [0.25, 0.3) is 0 Å². The lowest BCUT2D eigenvalue weighted by Gasteiger charge is -2.01. The second-order valence-electron chi connectivity index (χ2n) is 2.99. The zero-order valence-electron chi connectivity index (χ0n) is 8.91. The quantitative estimate of drug-likeness (QED) is 0.206. The highest BCUT2D eigenvalue weighted by atomic mass is 28.2. The van der Waals surface area contributed by atoms with Crippen molar-refractivity contribution >= 4 is 16.5 Å². The number of carbonyl (C=O) groups is 1. The van der Waals surface area contributed by atoms with Gasteiger partial charge in [-0.05, 0) is 19.8 Å². The Bertz CT molecular complexity index is 211. The van der Waals surface area contributed by atoms with Gasteiger partial charge in [0.05, 0.1) is 13.2 Å². The molecule has 14 heavy (non-hydrogen) atoms. The van der Waals surface area contributed by atoms with Gasteiger partial charge in [0, 0.05) is 5.57 Å². The van der Waals surface area contributed by atoms with E-state index >= 15 is 0 Å². The highest BCUT2D eigenvalue weighted by Crippen LogP contribution is 1.96. The van der Waals surface area contributed by atoms with Gasteiger partial charge in [-0.25, -0.2) is 4.79 Å². The molecule has 0 aromatic carbocycles. The number of allylic oxidation sites excluding steroid dienone is 1. The summed E-state index contributed by atoms with van der Waals surface area (Å²) in [5, 5.41) is 0. The lowest BCUT2D eigenvalue weighted by molar-refractivity contribution is -0.139. The Hall–Kier alpha value is -0.873. The van der Waals surface area contributed by atoms with E-state index in [2.05, 4.69) is 6.58 Å². The van der Waals surface area contributed by atoms with E-state index in [9.17, 15) is 4.79 Å². The van der Waals surface area contributed by atoms with E-state index in [0.717, 1.165) is 23.3 Å². The molecule has 0 aromatic heterocycles. The Labute approximate surface area is 88.3 Å². The minimum absolute atomic E-state index is 0.308. The molecule has 0 rings (SSSR count). The van der Waals surface area contributed by atoms with E-state index in [1.54, 1.807) is 6.92 Å². The summed E-state index contributed by atoms with van der Waals surface area (Å²) in [5.41, 5.74) is 0.449. The molecule has 0 aliphatic heterocycles. The molecule has 80 valence electrons. The number of hydrogen-bond donors (Lipinski definition) is 0. The van der Waals surface area contributed by atoms with Gasteiger partial charge in [0.15, 0.2) is 0 Å². The normalized spacial score (nSPS) is 10.6. The molecule has 0 N–H and O–H groups in total. The highest BCUT2D eigenvalue weighted by Gasteiger charge is 2.00. The van der Waals surface area contributed by atoms with E-state index in [1.165, 1.54) is 0 Å². The third kappa shape index (κ3) is 7.76. The maximum absolute atomic E-state index is 10.9. The average Bonchev–Trinajstić information content (AvgIpc) is 2.16. The lowest BCUT2D eigenvalue weighted by Crippen LogP contribution is -2.05. The topological polar surface area (TPSA) is 35.5 Å². The SMILES string of the molecule is C=C(C)C(=O)OCCCC=CCO[SiH3]. The average molecular weight is 214 g/mol. The lowest BCUT2D eigenvalue weighted by atomic mass is 10.3. The summed E-state index contributed by atoms with van der Waals surface area (Å²) in [5.74, 6) is -0.308. The zero-order chi connectivity index (χ0) is 10.8. The molecule has 0 aromatic rings. The van der Waals surface area contributed by atoms with E-state index < -0.39 is 0 Å². The molecule has 0 radical (unpaired) electrons. The first-order chi connectivity index (χ1) is 6.68. The van der Waals surface area contributed by atoms with Crippen LogP contribution in [0.15, 0.2) is 24.3 Å². The standard InChI is InChI=1S/C10H18O3Si/c1-9(2)10(11)12-7-5-3-4-6-8-13-14/h4,6H,1,3,5,7-8H2,2,14H3. The third-order valence-corrected chi connectivity index (χ3v) is 1.86. The third-order valence-electron chi connectivity index (χ3n) is 1.53. The largest absolute Gasteiger partial charge is 0.462 e. The van der Waals surface area contributed by atoms with Gasteiger partial charge in [-0.2, -0.15) is 0 Å². The predicted octanol–water partition coefficient (Wildman–Crippen LogP) is 0.739. The molecule has 0 saturated carbocycles. The van der Waals surface area contributed by atoms with E-state index in [0.29, 0.717) is 18.8 Å². The van der Waals surface area contributed by atoms with Crippen molar-refractivity contribution in [1.29, 1.82) is 0 Å². The first kappa shape index (κ1) is 13.1. The van der Waals surface area contributed by atoms with Gasteiger partial charge in [0.25, 0.3) is 0 Å². The Morgan fingerprint density at radius 3 is 2.79 bits per heavy atom. The number of esters is 1. The van der Waals surface area contributed by atoms with Crippen molar-refractivity contribution in [2.24, 2.45) is 0 Å². The summed E-state index contributed by atoms with van der Waals surface area (Å²) in [6.45, 7) is 6.29. The number of carbonyl (C=O) groups excluding carboxylic acids is 1. The van der Waals surface area contributed by atoms with Crippen LogP contribution in [0.2, 0.25) is 0 Å². The number of ether oxygens (including phenoxy) is 1. The van der Waals surface area contributed by atoms with Gasteiger partial charge in [0.1, 0.15) is 10.5 Å². The second-order valence-corrected chi connectivity index (χ2v) is 3.56. The van der Waals surface area contributed by atoms with Gasteiger partial charge in [-0.1, -0.05) is 18.7 Å². The van der Waals surface area contributed by atoms with Crippen molar-refractivity contribution in [3.8, 4) is 0 Å². The molecule has 0 unspecified atom stereocenters. The maximum Gasteiger partial charge on any atom is 0.333 e.